The quantitative estimate of drug-likeness (QED) is 0.593. The Morgan fingerprint density at radius 3 is 2.91 bits per heavy atom. The molecule has 0 spiro atoms. The van der Waals surface area contributed by atoms with Crippen LogP contribution >= 0.6 is 0 Å². The minimum absolute atomic E-state index is 0.0354. The van der Waals surface area contributed by atoms with Crippen LogP contribution in [0.15, 0.2) is 29.2 Å². The Morgan fingerprint density at radius 1 is 1.31 bits per heavy atom. The molecular weight excluding hydrogens is 426 g/mol. The van der Waals surface area contributed by atoms with E-state index in [1.807, 2.05) is 6.07 Å². The SMILES string of the molecule is CC[C@@]12C=C(CO)n3c4c(c5ccc(S(=O)(=O)NCCCOC)cc53)CCN(CCC1)[C@H]42. The highest BCUT2D eigenvalue weighted by atomic mass is 32.2. The molecule has 1 fully saturated rings. The first-order valence-corrected chi connectivity index (χ1v) is 13.2. The first-order chi connectivity index (χ1) is 15.5. The number of rotatable bonds is 8. The second-order valence-electron chi connectivity index (χ2n) is 9.29. The molecule has 2 atom stereocenters. The van der Waals surface area contributed by atoms with Gasteiger partial charge in [-0.25, -0.2) is 13.1 Å². The molecule has 0 amide bonds. The highest BCUT2D eigenvalue weighted by Gasteiger charge is 2.50. The number of piperidine rings is 1. The van der Waals surface area contributed by atoms with Crippen LogP contribution in [0.5, 0.6) is 0 Å². The lowest BCUT2D eigenvalue weighted by Crippen LogP contribution is -2.50. The maximum atomic E-state index is 12.9. The fraction of sp³-hybridized carbons (Fsp3) is 0.583. The van der Waals surface area contributed by atoms with E-state index in [4.69, 9.17) is 4.74 Å². The van der Waals surface area contributed by atoms with Crippen molar-refractivity contribution in [3.05, 3.63) is 35.5 Å². The average molecular weight is 460 g/mol. The summed E-state index contributed by atoms with van der Waals surface area (Å²) in [5, 5.41) is 11.4. The van der Waals surface area contributed by atoms with Crippen LogP contribution in [-0.4, -0.2) is 62.9 Å². The van der Waals surface area contributed by atoms with E-state index in [1.54, 1.807) is 19.2 Å². The van der Waals surface area contributed by atoms with Crippen molar-refractivity contribution >= 4 is 26.6 Å². The van der Waals surface area contributed by atoms with E-state index in [0.29, 0.717) is 25.6 Å². The molecule has 7 nitrogen and oxygen atoms in total. The summed E-state index contributed by atoms with van der Waals surface area (Å²) in [5.74, 6) is 0. The average Bonchev–Trinajstić information content (AvgIpc) is 3.15. The molecule has 2 N–H and O–H groups in total. The molecule has 32 heavy (non-hydrogen) atoms. The van der Waals surface area contributed by atoms with E-state index in [0.717, 1.165) is 49.0 Å². The van der Waals surface area contributed by atoms with Crippen LogP contribution in [0.1, 0.15) is 49.9 Å². The molecule has 1 aromatic heterocycles. The van der Waals surface area contributed by atoms with E-state index in [9.17, 15) is 13.5 Å². The predicted molar refractivity (Wildman–Crippen MR) is 125 cm³/mol. The number of hydrogen-bond acceptors (Lipinski definition) is 5. The number of sulfonamides is 1. The standard InChI is InChI=1S/C24H33N3O4S/c1-3-24-9-4-11-26-12-8-20-19-7-6-18(32(29,30)25-10-5-13-31-2)14-21(19)27(17(15-24)16-28)22(20)23(24)26/h6-7,14-15,23,25,28H,3-5,8-13,16H2,1-2H3/t23-,24+/m1/s1. The number of methoxy groups -OCH3 is 1. The van der Waals surface area contributed by atoms with Crippen LogP contribution in [-0.2, 0) is 21.2 Å². The Hall–Kier alpha value is -1.71. The van der Waals surface area contributed by atoms with Crippen molar-refractivity contribution in [1.29, 1.82) is 0 Å². The molecule has 8 heteroatoms. The van der Waals surface area contributed by atoms with Crippen LogP contribution < -0.4 is 4.72 Å². The molecule has 0 unspecified atom stereocenters. The van der Waals surface area contributed by atoms with Gasteiger partial charge in [-0.15, -0.1) is 0 Å². The van der Waals surface area contributed by atoms with Gasteiger partial charge in [-0.3, -0.25) is 4.90 Å². The van der Waals surface area contributed by atoms with Crippen LogP contribution in [0.3, 0.4) is 0 Å². The third-order valence-electron chi connectivity index (χ3n) is 7.68. The van der Waals surface area contributed by atoms with Gasteiger partial charge in [0.15, 0.2) is 0 Å². The van der Waals surface area contributed by atoms with E-state index >= 15 is 0 Å². The number of aliphatic hydroxyl groups excluding tert-OH is 1. The number of fused-ring (bicyclic) bond motifs is 3. The molecule has 0 aliphatic carbocycles. The van der Waals surface area contributed by atoms with Gasteiger partial charge in [-0.1, -0.05) is 19.1 Å². The van der Waals surface area contributed by atoms with Crippen molar-refractivity contribution in [2.75, 3.05) is 40.0 Å². The fourth-order valence-corrected chi connectivity index (χ4v) is 7.30. The zero-order chi connectivity index (χ0) is 22.5. The number of benzene rings is 1. The van der Waals surface area contributed by atoms with Crippen molar-refractivity contribution in [3.63, 3.8) is 0 Å². The molecule has 3 aliphatic rings. The number of aliphatic hydroxyl groups is 1. The van der Waals surface area contributed by atoms with E-state index < -0.39 is 10.0 Å². The number of aromatic nitrogens is 1. The van der Waals surface area contributed by atoms with Gasteiger partial charge in [0.25, 0.3) is 0 Å². The molecule has 0 radical (unpaired) electrons. The zero-order valence-electron chi connectivity index (χ0n) is 18.9. The lowest BCUT2D eigenvalue weighted by molar-refractivity contribution is 0.0263. The van der Waals surface area contributed by atoms with Crippen molar-refractivity contribution in [3.8, 4) is 0 Å². The molecule has 4 heterocycles. The summed E-state index contributed by atoms with van der Waals surface area (Å²) in [6, 6.07) is 5.74. The normalized spacial score (nSPS) is 25.1. The number of hydrogen-bond donors (Lipinski definition) is 2. The lowest BCUT2D eigenvalue weighted by atomic mass is 9.66. The summed E-state index contributed by atoms with van der Waals surface area (Å²) in [5.41, 5.74) is 4.38. The van der Waals surface area contributed by atoms with Gasteiger partial charge >= 0.3 is 0 Å². The summed E-state index contributed by atoms with van der Waals surface area (Å²) in [7, 11) is -2.01. The fourth-order valence-electron chi connectivity index (χ4n) is 6.21. The third-order valence-corrected chi connectivity index (χ3v) is 9.14. The van der Waals surface area contributed by atoms with Crippen molar-refractivity contribution in [2.24, 2.45) is 5.41 Å². The molecule has 2 aromatic rings. The summed E-state index contributed by atoms with van der Waals surface area (Å²) in [6.07, 6.45) is 7.19. The van der Waals surface area contributed by atoms with Gasteiger partial charge in [-0.05, 0) is 56.3 Å². The summed E-state index contributed by atoms with van der Waals surface area (Å²) in [6.45, 7) is 5.17. The molecule has 1 aromatic carbocycles. The van der Waals surface area contributed by atoms with Crippen molar-refractivity contribution in [1.82, 2.24) is 14.2 Å². The summed E-state index contributed by atoms with van der Waals surface area (Å²) in [4.78, 5) is 2.86. The van der Waals surface area contributed by atoms with Gasteiger partial charge in [0, 0.05) is 49.0 Å². The van der Waals surface area contributed by atoms with Crippen LogP contribution in [0, 0.1) is 5.41 Å². The molecule has 3 aliphatic heterocycles. The van der Waals surface area contributed by atoms with Gasteiger partial charge < -0.3 is 14.4 Å². The number of nitrogens with zero attached hydrogens (tertiary/aromatic N) is 2. The second kappa shape index (κ2) is 8.25. The number of ether oxygens (including phenoxy) is 1. The molecule has 5 rings (SSSR count). The van der Waals surface area contributed by atoms with Crippen molar-refractivity contribution < 1.29 is 18.3 Å². The first-order valence-electron chi connectivity index (χ1n) is 11.7. The second-order valence-corrected chi connectivity index (χ2v) is 11.1. The van der Waals surface area contributed by atoms with Gasteiger partial charge in [0.2, 0.25) is 10.0 Å². The molecule has 1 saturated heterocycles. The Balaban J connectivity index is 1.65. The Bertz CT molecular complexity index is 1170. The maximum absolute atomic E-state index is 12.9. The molecule has 0 saturated carbocycles. The molecular formula is C24H33N3O4S. The molecule has 174 valence electrons. The smallest absolute Gasteiger partial charge is 0.240 e. The Morgan fingerprint density at radius 2 is 2.16 bits per heavy atom. The van der Waals surface area contributed by atoms with E-state index in [1.165, 1.54) is 17.7 Å². The summed E-state index contributed by atoms with van der Waals surface area (Å²) < 4.78 is 35.7. The van der Waals surface area contributed by atoms with Crippen LogP contribution in [0.25, 0.3) is 16.6 Å². The Labute approximate surface area is 190 Å². The van der Waals surface area contributed by atoms with E-state index in [-0.39, 0.29) is 16.9 Å². The molecule has 0 bridgehead atoms. The highest BCUT2D eigenvalue weighted by molar-refractivity contribution is 7.89. The van der Waals surface area contributed by atoms with Crippen LogP contribution in [0.4, 0.5) is 0 Å². The third kappa shape index (κ3) is 3.27. The maximum Gasteiger partial charge on any atom is 0.240 e. The largest absolute Gasteiger partial charge is 0.390 e. The monoisotopic (exact) mass is 459 g/mol. The van der Waals surface area contributed by atoms with E-state index in [2.05, 4.69) is 27.2 Å². The first kappa shape index (κ1) is 22.1. The summed E-state index contributed by atoms with van der Waals surface area (Å²) >= 11 is 0. The predicted octanol–water partition coefficient (Wildman–Crippen LogP) is 2.89. The van der Waals surface area contributed by atoms with Crippen molar-refractivity contribution in [2.45, 2.75) is 50.0 Å². The topological polar surface area (TPSA) is 83.8 Å². The minimum atomic E-state index is -3.62. The minimum Gasteiger partial charge on any atom is -0.390 e. The zero-order valence-corrected chi connectivity index (χ0v) is 19.7. The Kier molecular flexibility index (Phi) is 5.70. The number of nitrogens with one attached hydrogen (secondary N) is 1. The van der Waals surface area contributed by atoms with Gasteiger partial charge in [0.05, 0.1) is 23.1 Å². The highest BCUT2D eigenvalue weighted by Crippen LogP contribution is 2.56. The van der Waals surface area contributed by atoms with Gasteiger partial charge in [0.1, 0.15) is 0 Å². The van der Waals surface area contributed by atoms with Crippen LogP contribution in [0.2, 0.25) is 0 Å². The van der Waals surface area contributed by atoms with Gasteiger partial charge in [-0.2, -0.15) is 0 Å². The lowest BCUT2D eigenvalue weighted by Gasteiger charge is -2.53.